The number of hydrogen-bond donors (Lipinski definition) is 0. The highest BCUT2D eigenvalue weighted by Gasteiger charge is 2.20. The van der Waals surface area contributed by atoms with E-state index in [9.17, 15) is 9.18 Å². The van der Waals surface area contributed by atoms with Gasteiger partial charge in [-0.3, -0.25) is 4.79 Å². The Labute approximate surface area is 114 Å². The van der Waals surface area contributed by atoms with Crippen molar-refractivity contribution in [1.82, 2.24) is 9.88 Å². The van der Waals surface area contributed by atoms with Gasteiger partial charge in [-0.2, -0.15) is 0 Å². The fourth-order valence-electron chi connectivity index (χ4n) is 2.03. The van der Waals surface area contributed by atoms with Gasteiger partial charge in [0, 0.05) is 30.8 Å². The Balaban J connectivity index is 2.02. The first kappa shape index (κ1) is 13.3. The molecule has 1 fully saturated rings. The summed E-state index contributed by atoms with van der Waals surface area (Å²) in [6.07, 6.45) is 3.63. The lowest BCUT2D eigenvalue weighted by molar-refractivity contribution is -0.128. The molecule has 0 aliphatic carbocycles. The van der Waals surface area contributed by atoms with Crippen LogP contribution in [0.15, 0.2) is 16.7 Å². The fraction of sp³-hybridized carbons (Fsp3) is 0.500. The van der Waals surface area contributed by atoms with Gasteiger partial charge in [-0.25, -0.2) is 9.37 Å². The van der Waals surface area contributed by atoms with Gasteiger partial charge in [-0.15, -0.1) is 0 Å². The van der Waals surface area contributed by atoms with E-state index in [-0.39, 0.29) is 18.3 Å². The molecule has 0 atom stereocenters. The van der Waals surface area contributed by atoms with Gasteiger partial charge in [0.1, 0.15) is 0 Å². The summed E-state index contributed by atoms with van der Waals surface area (Å²) in [5.74, 6) is -0.203. The molecule has 98 valence electrons. The van der Waals surface area contributed by atoms with Crippen LogP contribution in [0.3, 0.4) is 0 Å². The Bertz CT molecular complexity index is 449. The van der Waals surface area contributed by atoms with Gasteiger partial charge in [0.05, 0.1) is 6.54 Å². The Hall–Kier alpha value is -1.17. The average Bonchev–Trinajstić information content (AvgIpc) is 2.81. The highest BCUT2D eigenvalue weighted by molar-refractivity contribution is 9.10. The maximum Gasteiger partial charge on any atom is 0.242 e. The average molecular weight is 316 g/mol. The van der Waals surface area contributed by atoms with Crippen LogP contribution in [0.2, 0.25) is 0 Å². The summed E-state index contributed by atoms with van der Waals surface area (Å²) in [6.45, 7) is 1.78. The van der Waals surface area contributed by atoms with Crippen molar-refractivity contribution in [3.05, 3.63) is 22.6 Å². The molecular weight excluding hydrogens is 301 g/mol. The quantitative estimate of drug-likeness (QED) is 0.856. The zero-order valence-electron chi connectivity index (χ0n) is 10.2. The van der Waals surface area contributed by atoms with Crippen LogP contribution >= 0.6 is 15.9 Å². The Morgan fingerprint density at radius 2 is 2.22 bits per heavy atom. The number of aromatic nitrogens is 1. The van der Waals surface area contributed by atoms with Crippen LogP contribution in [0.5, 0.6) is 0 Å². The Morgan fingerprint density at radius 1 is 1.56 bits per heavy atom. The maximum absolute atomic E-state index is 13.7. The molecule has 0 unspecified atom stereocenters. The van der Waals surface area contributed by atoms with Gasteiger partial charge in [-0.1, -0.05) is 0 Å². The van der Waals surface area contributed by atoms with Crippen LogP contribution in [0.4, 0.5) is 10.2 Å². The van der Waals surface area contributed by atoms with E-state index in [2.05, 4.69) is 20.9 Å². The van der Waals surface area contributed by atoms with Crippen LogP contribution in [0, 0.1) is 5.82 Å². The number of rotatable bonds is 3. The van der Waals surface area contributed by atoms with Crippen molar-refractivity contribution in [3.63, 3.8) is 0 Å². The van der Waals surface area contributed by atoms with Crippen LogP contribution in [-0.2, 0) is 4.79 Å². The van der Waals surface area contributed by atoms with Crippen LogP contribution in [0.25, 0.3) is 0 Å². The van der Waals surface area contributed by atoms with Crippen LogP contribution < -0.4 is 4.90 Å². The zero-order valence-corrected chi connectivity index (χ0v) is 11.8. The molecule has 1 amide bonds. The van der Waals surface area contributed by atoms with Gasteiger partial charge in [0.25, 0.3) is 0 Å². The smallest absolute Gasteiger partial charge is 0.242 e. The minimum absolute atomic E-state index is 0.0270. The second kappa shape index (κ2) is 5.65. The first-order valence-electron chi connectivity index (χ1n) is 5.88. The van der Waals surface area contributed by atoms with E-state index in [4.69, 9.17) is 0 Å². The number of nitrogens with zero attached hydrogens (tertiary/aromatic N) is 3. The summed E-state index contributed by atoms with van der Waals surface area (Å²) >= 11 is 3.15. The van der Waals surface area contributed by atoms with Crippen molar-refractivity contribution < 1.29 is 9.18 Å². The lowest BCUT2D eigenvalue weighted by Crippen LogP contribution is -2.37. The summed E-state index contributed by atoms with van der Waals surface area (Å²) < 4.78 is 14.3. The molecule has 18 heavy (non-hydrogen) atoms. The lowest BCUT2D eigenvalue weighted by Gasteiger charge is -2.22. The molecule has 1 aromatic heterocycles. The molecule has 1 saturated heterocycles. The van der Waals surface area contributed by atoms with Crippen molar-refractivity contribution >= 4 is 27.7 Å². The van der Waals surface area contributed by atoms with E-state index in [1.165, 1.54) is 12.3 Å². The standard InChI is InChI=1S/C12H15BrFN3O/c1-16(8-11(18)17-4-2-3-5-17)12-10(14)6-9(13)7-15-12/h6-7H,2-5,8H2,1H3. The topological polar surface area (TPSA) is 36.4 Å². The molecule has 6 heteroatoms. The molecule has 1 aliphatic heterocycles. The van der Waals surface area contributed by atoms with E-state index in [0.29, 0.717) is 4.47 Å². The number of hydrogen-bond acceptors (Lipinski definition) is 3. The third-order valence-electron chi connectivity index (χ3n) is 2.98. The summed E-state index contributed by atoms with van der Waals surface area (Å²) in [7, 11) is 1.67. The van der Waals surface area contributed by atoms with Gasteiger partial charge in [0.15, 0.2) is 11.6 Å². The molecule has 0 saturated carbocycles. The van der Waals surface area contributed by atoms with Crippen molar-refractivity contribution in [1.29, 1.82) is 0 Å². The summed E-state index contributed by atoms with van der Waals surface area (Å²) in [5.41, 5.74) is 0. The van der Waals surface area contributed by atoms with Gasteiger partial charge < -0.3 is 9.80 Å². The second-order valence-electron chi connectivity index (χ2n) is 4.40. The predicted octanol–water partition coefficient (Wildman–Crippen LogP) is 2.04. The summed E-state index contributed by atoms with van der Waals surface area (Å²) in [4.78, 5) is 19.3. The minimum Gasteiger partial charge on any atom is -0.348 e. The van der Waals surface area contributed by atoms with Gasteiger partial charge in [-0.05, 0) is 34.8 Å². The summed E-state index contributed by atoms with van der Waals surface area (Å²) in [5, 5.41) is 0. The fourth-order valence-corrected chi connectivity index (χ4v) is 2.34. The second-order valence-corrected chi connectivity index (χ2v) is 5.32. The van der Waals surface area contributed by atoms with E-state index >= 15 is 0 Å². The molecule has 2 heterocycles. The Morgan fingerprint density at radius 3 is 2.83 bits per heavy atom. The van der Waals surface area contributed by atoms with Crippen molar-refractivity contribution in [2.24, 2.45) is 0 Å². The molecule has 0 aromatic carbocycles. The van der Waals surface area contributed by atoms with Crippen molar-refractivity contribution in [2.75, 3.05) is 31.6 Å². The largest absolute Gasteiger partial charge is 0.348 e. The molecule has 2 rings (SSSR count). The number of pyridine rings is 1. The minimum atomic E-state index is -0.430. The molecule has 1 aromatic rings. The predicted molar refractivity (Wildman–Crippen MR) is 71.0 cm³/mol. The number of carbonyl (C=O) groups is 1. The lowest BCUT2D eigenvalue weighted by atomic mass is 10.4. The molecule has 4 nitrogen and oxygen atoms in total. The first-order chi connectivity index (χ1) is 8.58. The third kappa shape index (κ3) is 2.98. The van der Waals surface area contributed by atoms with Crippen LogP contribution in [-0.4, -0.2) is 42.5 Å². The van der Waals surface area contributed by atoms with Gasteiger partial charge in [0.2, 0.25) is 5.91 Å². The summed E-state index contributed by atoms with van der Waals surface area (Å²) in [6, 6.07) is 1.35. The number of likely N-dealkylation sites (N-methyl/N-ethyl adjacent to an activating group) is 1. The van der Waals surface area contributed by atoms with E-state index in [0.717, 1.165) is 25.9 Å². The van der Waals surface area contributed by atoms with E-state index in [1.807, 2.05) is 4.90 Å². The number of carbonyl (C=O) groups excluding carboxylic acids is 1. The molecule has 0 radical (unpaired) electrons. The maximum atomic E-state index is 13.7. The van der Waals surface area contributed by atoms with E-state index < -0.39 is 5.82 Å². The first-order valence-corrected chi connectivity index (χ1v) is 6.67. The zero-order chi connectivity index (χ0) is 13.1. The third-order valence-corrected chi connectivity index (χ3v) is 3.41. The highest BCUT2D eigenvalue weighted by Crippen LogP contribution is 2.19. The van der Waals surface area contributed by atoms with Crippen molar-refractivity contribution in [3.8, 4) is 0 Å². The van der Waals surface area contributed by atoms with E-state index in [1.54, 1.807) is 11.9 Å². The SMILES string of the molecule is CN(CC(=O)N1CCCC1)c1ncc(Br)cc1F. The number of amides is 1. The monoisotopic (exact) mass is 315 g/mol. The Kier molecular flexibility index (Phi) is 4.16. The molecule has 0 bridgehead atoms. The number of halogens is 2. The highest BCUT2D eigenvalue weighted by atomic mass is 79.9. The molecular formula is C12H15BrFN3O. The van der Waals surface area contributed by atoms with Gasteiger partial charge >= 0.3 is 0 Å². The number of likely N-dealkylation sites (tertiary alicyclic amines) is 1. The molecule has 0 N–H and O–H groups in total. The molecule has 1 aliphatic rings. The molecule has 0 spiro atoms. The normalized spacial score (nSPS) is 14.9. The van der Waals surface area contributed by atoms with Crippen LogP contribution in [0.1, 0.15) is 12.8 Å². The van der Waals surface area contributed by atoms with Crippen molar-refractivity contribution in [2.45, 2.75) is 12.8 Å². The number of anilines is 1.